The van der Waals surface area contributed by atoms with Gasteiger partial charge in [0, 0.05) is 24.6 Å². The molecule has 5 heteroatoms. The Labute approximate surface area is 122 Å². The Morgan fingerprint density at radius 3 is 2.55 bits per heavy atom. The van der Waals surface area contributed by atoms with E-state index in [4.69, 9.17) is 5.73 Å². The van der Waals surface area contributed by atoms with Gasteiger partial charge in [0.15, 0.2) is 0 Å². The van der Waals surface area contributed by atoms with Crippen LogP contribution in [-0.4, -0.2) is 41.0 Å². The normalized spacial score (nSPS) is 16.6. The van der Waals surface area contributed by atoms with E-state index in [-0.39, 0.29) is 0 Å². The first kappa shape index (κ1) is 15.0. The number of nitrogens with two attached hydrogens (primary N) is 1. The summed E-state index contributed by atoms with van der Waals surface area (Å²) in [5.74, 6) is 2.58. The smallest absolute Gasteiger partial charge is 0.135 e. The highest BCUT2D eigenvalue weighted by molar-refractivity contribution is 5.54. The van der Waals surface area contributed by atoms with E-state index in [1.807, 2.05) is 6.92 Å². The Bertz CT molecular complexity index is 438. The van der Waals surface area contributed by atoms with Gasteiger partial charge in [0.05, 0.1) is 0 Å². The van der Waals surface area contributed by atoms with E-state index in [0.29, 0.717) is 11.7 Å². The third kappa shape index (κ3) is 3.82. The summed E-state index contributed by atoms with van der Waals surface area (Å²) in [6, 6.07) is 0. The van der Waals surface area contributed by atoms with Crippen LogP contribution in [0.4, 0.5) is 11.6 Å². The monoisotopic (exact) mass is 277 g/mol. The number of hydrogen-bond donors (Lipinski definition) is 2. The van der Waals surface area contributed by atoms with Crippen molar-refractivity contribution in [1.82, 2.24) is 14.9 Å². The van der Waals surface area contributed by atoms with Gasteiger partial charge < -0.3 is 16.0 Å². The molecule has 1 aliphatic rings. The van der Waals surface area contributed by atoms with Crippen LogP contribution in [0.1, 0.15) is 50.4 Å². The maximum atomic E-state index is 5.97. The Hall–Kier alpha value is -1.36. The molecule has 0 spiro atoms. The molecule has 5 nitrogen and oxygen atoms in total. The minimum absolute atomic E-state index is 0.292. The van der Waals surface area contributed by atoms with Crippen LogP contribution in [0.5, 0.6) is 0 Å². The SMILES string of the molecule is Cc1c(N)nc(C(C)C)nc1NCCN1CCCCC1. The molecule has 0 amide bonds. The highest BCUT2D eigenvalue weighted by atomic mass is 15.2. The van der Waals surface area contributed by atoms with Crippen molar-refractivity contribution in [3.05, 3.63) is 11.4 Å². The molecule has 0 atom stereocenters. The topological polar surface area (TPSA) is 67.1 Å². The molecule has 0 unspecified atom stereocenters. The number of anilines is 2. The minimum Gasteiger partial charge on any atom is -0.383 e. The lowest BCUT2D eigenvalue weighted by molar-refractivity contribution is 0.237. The minimum atomic E-state index is 0.292. The summed E-state index contributed by atoms with van der Waals surface area (Å²) < 4.78 is 0. The van der Waals surface area contributed by atoms with Crippen molar-refractivity contribution in [3.63, 3.8) is 0 Å². The predicted molar refractivity (Wildman–Crippen MR) is 84.1 cm³/mol. The van der Waals surface area contributed by atoms with E-state index >= 15 is 0 Å². The molecule has 20 heavy (non-hydrogen) atoms. The molecule has 1 aliphatic heterocycles. The lowest BCUT2D eigenvalue weighted by Gasteiger charge is -2.26. The van der Waals surface area contributed by atoms with Crippen molar-refractivity contribution in [2.75, 3.05) is 37.2 Å². The second kappa shape index (κ2) is 6.88. The van der Waals surface area contributed by atoms with Gasteiger partial charge in [0.25, 0.3) is 0 Å². The molecule has 1 saturated heterocycles. The average molecular weight is 277 g/mol. The zero-order valence-corrected chi connectivity index (χ0v) is 12.9. The van der Waals surface area contributed by atoms with Gasteiger partial charge in [-0.05, 0) is 32.9 Å². The number of aromatic nitrogens is 2. The molecule has 1 fully saturated rings. The summed E-state index contributed by atoms with van der Waals surface area (Å²) in [4.78, 5) is 11.5. The van der Waals surface area contributed by atoms with E-state index in [0.717, 1.165) is 30.3 Å². The van der Waals surface area contributed by atoms with Gasteiger partial charge in [-0.2, -0.15) is 0 Å². The van der Waals surface area contributed by atoms with Crippen molar-refractivity contribution in [2.45, 2.75) is 46.0 Å². The van der Waals surface area contributed by atoms with E-state index in [1.165, 1.54) is 32.4 Å². The van der Waals surface area contributed by atoms with Crippen molar-refractivity contribution < 1.29 is 0 Å². The van der Waals surface area contributed by atoms with Gasteiger partial charge >= 0.3 is 0 Å². The van der Waals surface area contributed by atoms with Crippen LogP contribution in [0, 0.1) is 6.92 Å². The maximum Gasteiger partial charge on any atom is 0.135 e. The fraction of sp³-hybridized carbons (Fsp3) is 0.733. The molecule has 2 heterocycles. The van der Waals surface area contributed by atoms with Crippen LogP contribution in [0.3, 0.4) is 0 Å². The molecule has 2 rings (SSSR count). The molecule has 3 N–H and O–H groups in total. The number of piperidine rings is 1. The van der Waals surface area contributed by atoms with Crippen LogP contribution in [0.15, 0.2) is 0 Å². The zero-order valence-electron chi connectivity index (χ0n) is 12.9. The van der Waals surface area contributed by atoms with Crippen LogP contribution in [0.2, 0.25) is 0 Å². The molecule has 0 aromatic carbocycles. The Morgan fingerprint density at radius 1 is 1.20 bits per heavy atom. The molecule has 1 aromatic rings. The van der Waals surface area contributed by atoms with Gasteiger partial charge in [0.2, 0.25) is 0 Å². The van der Waals surface area contributed by atoms with Crippen molar-refractivity contribution in [1.29, 1.82) is 0 Å². The number of nitrogen functional groups attached to an aromatic ring is 1. The summed E-state index contributed by atoms with van der Waals surface area (Å²) in [6.07, 6.45) is 4.04. The Kier molecular flexibility index (Phi) is 5.17. The molecular formula is C15H27N5. The Balaban J connectivity index is 1.94. The summed E-state index contributed by atoms with van der Waals surface area (Å²) in [5.41, 5.74) is 6.92. The number of hydrogen-bond acceptors (Lipinski definition) is 5. The highest BCUT2D eigenvalue weighted by Crippen LogP contribution is 2.20. The fourth-order valence-corrected chi connectivity index (χ4v) is 2.50. The molecule has 0 aliphatic carbocycles. The van der Waals surface area contributed by atoms with Crippen LogP contribution >= 0.6 is 0 Å². The molecule has 112 valence electrons. The van der Waals surface area contributed by atoms with E-state index in [2.05, 4.69) is 34.0 Å². The van der Waals surface area contributed by atoms with Gasteiger partial charge in [-0.1, -0.05) is 20.3 Å². The van der Waals surface area contributed by atoms with Crippen molar-refractivity contribution in [2.24, 2.45) is 0 Å². The maximum absolute atomic E-state index is 5.97. The van der Waals surface area contributed by atoms with Crippen LogP contribution in [-0.2, 0) is 0 Å². The molecule has 0 saturated carbocycles. The number of nitrogens with one attached hydrogen (secondary N) is 1. The van der Waals surface area contributed by atoms with Gasteiger partial charge in [-0.15, -0.1) is 0 Å². The second-order valence-electron chi connectivity index (χ2n) is 5.92. The number of rotatable bonds is 5. The molecular weight excluding hydrogens is 250 g/mol. The molecule has 0 radical (unpaired) electrons. The highest BCUT2D eigenvalue weighted by Gasteiger charge is 2.12. The van der Waals surface area contributed by atoms with Crippen LogP contribution in [0.25, 0.3) is 0 Å². The van der Waals surface area contributed by atoms with E-state index in [9.17, 15) is 0 Å². The average Bonchev–Trinajstić information content (AvgIpc) is 2.44. The van der Waals surface area contributed by atoms with Crippen LogP contribution < -0.4 is 11.1 Å². The lowest BCUT2D eigenvalue weighted by Crippen LogP contribution is -2.34. The molecule has 1 aromatic heterocycles. The second-order valence-corrected chi connectivity index (χ2v) is 5.92. The fourth-order valence-electron chi connectivity index (χ4n) is 2.50. The van der Waals surface area contributed by atoms with Crippen molar-refractivity contribution in [3.8, 4) is 0 Å². The first-order valence-electron chi connectivity index (χ1n) is 7.68. The summed E-state index contributed by atoms with van der Waals surface area (Å²) >= 11 is 0. The standard InChI is InChI=1S/C15H27N5/c1-11(2)14-18-13(16)12(3)15(19-14)17-7-10-20-8-5-4-6-9-20/h11H,4-10H2,1-3H3,(H3,16,17,18,19). The van der Waals surface area contributed by atoms with Crippen molar-refractivity contribution >= 4 is 11.6 Å². The first-order valence-corrected chi connectivity index (χ1v) is 7.68. The van der Waals surface area contributed by atoms with E-state index < -0.39 is 0 Å². The summed E-state index contributed by atoms with van der Waals surface area (Å²) in [5, 5.41) is 3.42. The summed E-state index contributed by atoms with van der Waals surface area (Å²) in [6.45, 7) is 10.6. The van der Waals surface area contributed by atoms with E-state index in [1.54, 1.807) is 0 Å². The predicted octanol–water partition coefficient (Wildman–Crippen LogP) is 2.39. The third-order valence-corrected chi connectivity index (χ3v) is 3.89. The summed E-state index contributed by atoms with van der Waals surface area (Å²) in [7, 11) is 0. The molecule has 0 bridgehead atoms. The van der Waals surface area contributed by atoms with Gasteiger partial charge in [-0.3, -0.25) is 0 Å². The number of nitrogens with zero attached hydrogens (tertiary/aromatic N) is 3. The Morgan fingerprint density at radius 2 is 1.90 bits per heavy atom. The number of likely N-dealkylation sites (tertiary alicyclic amines) is 1. The van der Waals surface area contributed by atoms with Gasteiger partial charge in [-0.25, -0.2) is 9.97 Å². The lowest BCUT2D eigenvalue weighted by atomic mass is 10.1. The quantitative estimate of drug-likeness (QED) is 0.865. The zero-order chi connectivity index (χ0) is 14.5. The van der Waals surface area contributed by atoms with Gasteiger partial charge in [0.1, 0.15) is 17.5 Å². The first-order chi connectivity index (χ1) is 9.58. The third-order valence-electron chi connectivity index (χ3n) is 3.89. The largest absolute Gasteiger partial charge is 0.383 e.